The lowest BCUT2D eigenvalue weighted by molar-refractivity contribution is -0.118. The lowest BCUT2D eigenvalue weighted by Crippen LogP contribution is -2.17. The number of amides is 1. The maximum Gasteiger partial charge on any atom is 0.226 e. The van der Waals surface area contributed by atoms with E-state index in [1.54, 1.807) is 0 Å². The Kier molecular flexibility index (Phi) is 3.96. The number of hydrogen-bond acceptors (Lipinski definition) is 1. The third-order valence-corrected chi connectivity index (χ3v) is 2.18. The summed E-state index contributed by atoms with van der Waals surface area (Å²) in [6.07, 6.45) is 0. The average Bonchev–Trinajstić information content (AvgIpc) is 2.18. The minimum Gasteiger partial charge on any atom is -0.326 e. The van der Waals surface area contributed by atoms with Crippen molar-refractivity contribution in [3.63, 3.8) is 0 Å². The molecule has 0 aliphatic carbocycles. The van der Waals surface area contributed by atoms with Crippen LogP contribution in [0, 0.1) is 5.92 Å². The second kappa shape index (κ2) is 5.01. The minimum absolute atomic E-state index is 0.00495. The highest BCUT2D eigenvalue weighted by Crippen LogP contribution is 2.13. The lowest BCUT2D eigenvalue weighted by atomic mass is 10.2. The van der Waals surface area contributed by atoms with Crippen LogP contribution in [0.1, 0.15) is 19.4 Å². The van der Waals surface area contributed by atoms with E-state index >= 15 is 0 Å². The molecule has 1 amide bonds. The highest BCUT2D eigenvalue weighted by atomic mass is 35.5. The van der Waals surface area contributed by atoms with E-state index in [0.29, 0.717) is 5.88 Å². The number of hydrogen-bond donors (Lipinski definition) is 1. The summed E-state index contributed by atoms with van der Waals surface area (Å²) in [5.41, 5.74) is 1.81. The maximum absolute atomic E-state index is 11.4. The van der Waals surface area contributed by atoms with Gasteiger partial charge in [0, 0.05) is 17.5 Å². The van der Waals surface area contributed by atoms with Crippen molar-refractivity contribution in [2.45, 2.75) is 19.7 Å². The normalized spacial score (nSPS) is 10.3. The molecule has 14 heavy (non-hydrogen) atoms. The van der Waals surface area contributed by atoms with E-state index in [0.717, 1.165) is 11.3 Å². The molecule has 1 N–H and O–H groups in total. The van der Waals surface area contributed by atoms with E-state index in [1.165, 1.54) is 0 Å². The van der Waals surface area contributed by atoms with Crippen LogP contribution in [0.5, 0.6) is 0 Å². The summed E-state index contributed by atoms with van der Waals surface area (Å²) in [5, 5.41) is 2.82. The third-order valence-electron chi connectivity index (χ3n) is 1.87. The van der Waals surface area contributed by atoms with Crippen LogP contribution < -0.4 is 5.32 Å². The van der Waals surface area contributed by atoms with Crippen LogP contribution in [-0.4, -0.2) is 5.91 Å². The van der Waals surface area contributed by atoms with Gasteiger partial charge in [-0.1, -0.05) is 26.0 Å². The molecular weight excluding hydrogens is 198 g/mol. The Morgan fingerprint density at radius 2 is 2.21 bits per heavy atom. The first-order chi connectivity index (χ1) is 6.63. The van der Waals surface area contributed by atoms with Crippen molar-refractivity contribution >= 4 is 23.2 Å². The summed E-state index contributed by atoms with van der Waals surface area (Å²) in [7, 11) is 0. The number of benzene rings is 1. The van der Waals surface area contributed by atoms with Gasteiger partial charge in [-0.25, -0.2) is 0 Å². The van der Waals surface area contributed by atoms with Crippen molar-refractivity contribution in [3.8, 4) is 0 Å². The van der Waals surface area contributed by atoms with Crippen LogP contribution in [-0.2, 0) is 10.7 Å². The zero-order valence-corrected chi connectivity index (χ0v) is 9.14. The minimum atomic E-state index is -0.00495. The fourth-order valence-corrected chi connectivity index (χ4v) is 1.19. The van der Waals surface area contributed by atoms with E-state index in [4.69, 9.17) is 11.6 Å². The molecule has 76 valence electrons. The summed E-state index contributed by atoms with van der Waals surface area (Å²) in [5.74, 6) is 0.483. The molecule has 0 saturated carbocycles. The fourth-order valence-electron chi connectivity index (χ4n) is 1.02. The van der Waals surface area contributed by atoms with Gasteiger partial charge in [0.2, 0.25) is 5.91 Å². The molecule has 0 unspecified atom stereocenters. The van der Waals surface area contributed by atoms with Gasteiger partial charge in [-0.3, -0.25) is 4.79 Å². The molecule has 0 atom stereocenters. The molecule has 0 bridgehead atoms. The molecule has 0 fully saturated rings. The van der Waals surface area contributed by atoms with Crippen LogP contribution in [0.3, 0.4) is 0 Å². The van der Waals surface area contributed by atoms with Crippen molar-refractivity contribution in [1.29, 1.82) is 0 Å². The molecule has 1 aromatic rings. The van der Waals surface area contributed by atoms with Gasteiger partial charge in [-0.05, 0) is 17.7 Å². The standard InChI is InChI=1S/C11H14ClNO/c1-8(2)11(14)13-10-5-3-4-9(6-10)7-12/h3-6,8H,7H2,1-2H3,(H,13,14). The summed E-state index contributed by atoms with van der Waals surface area (Å²) in [6.45, 7) is 3.72. The summed E-state index contributed by atoms with van der Waals surface area (Å²) in [4.78, 5) is 11.4. The van der Waals surface area contributed by atoms with Crippen molar-refractivity contribution in [2.24, 2.45) is 5.92 Å². The lowest BCUT2D eigenvalue weighted by Gasteiger charge is -2.08. The van der Waals surface area contributed by atoms with Crippen LogP contribution in [0.2, 0.25) is 0 Å². The van der Waals surface area contributed by atoms with Gasteiger partial charge in [0.05, 0.1) is 0 Å². The van der Waals surface area contributed by atoms with Gasteiger partial charge in [0.25, 0.3) is 0 Å². The number of alkyl halides is 1. The zero-order valence-electron chi connectivity index (χ0n) is 8.38. The van der Waals surface area contributed by atoms with Gasteiger partial charge in [-0.15, -0.1) is 11.6 Å². The number of nitrogens with one attached hydrogen (secondary N) is 1. The maximum atomic E-state index is 11.4. The second-order valence-electron chi connectivity index (χ2n) is 3.48. The largest absolute Gasteiger partial charge is 0.326 e. The molecule has 0 aromatic heterocycles. The van der Waals surface area contributed by atoms with E-state index in [1.807, 2.05) is 38.1 Å². The van der Waals surface area contributed by atoms with Crippen LogP contribution in [0.15, 0.2) is 24.3 Å². The first-order valence-electron chi connectivity index (χ1n) is 4.59. The molecule has 1 rings (SSSR count). The first kappa shape index (κ1) is 11.1. The SMILES string of the molecule is CC(C)C(=O)Nc1cccc(CCl)c1. The summed E-state index contributed by atoms with van der Waals surface area (Å²) in [6, 6.07) is 7.55. The number of halogens is 1. The summed E-state index contributed by atoms with van der Waals surface area (Å²) < 4.78 is 0. The molecule has 1 aromatic carbocycles. The van der Waals surface area contributed by atoms with Gasteiger partial charge in [0.15, 0.2) is 0 Å². The highest BCUT2D eigenvalue weighted by Gasteiger charge is 2.06. The van der Waals surface area contributed by atoms with Gasteiger partial charge >= 0.3 is 0 Å². The highest BCUT2D eigenvalue weighted by molar-refractivity contribution is 6.17. The topological polar surface area (TPSA) is 29.1 Å². The Hall–Kier alpha value is -1.02. The second-order valence-corrected chi connectivity index (χ2v) is 3.75. The molecule has 2 nitrogen and oxygen atoms in total. The smallest absolute Gasteiger partial charge is 0.226 e. The van der Waals surface area contributed by atoms with E-state index in [2.05, 4.69) is 5.32 Å². The van der Waals surface area contributed by atoms with Crippen molar-refractivity contribution in [2.75, 3.05) is 5.32 Å². The first-order valence-corrected chi connectivity index (χ1v) is 5.12. The molecular formula is C11H14ClNO. The Balaban J connectivity index is 2.72. The number of rotatable bonds is 3. The molecule has 0 radical (unpaired) electrons. The molecule has 0 saturated heterocycles. The molecule has 0 spiro atoms. The molecule has 0 heterocycles. The number of carbonyl (C=O) groups excluding carboxylic acids is 1. The zero-order chi connectivity index (χ0) is 10.6. The van der Waals surface area contributed by atoms with Crippen LogP contribution in [0.25, 0.3) is 0 Å². The van der Waals surface area contributed by atoms with Crippen LogP contribution >= 0.6 is 11.6 Å². The van der Waals surface area contributed by atoms with Gasteiger partial charge in [-0.2, -0.15) is 0 Å². The summed E-state index contributed by atoms with van der Waals surface area (Å²) >= 11 is 5.69. The number of anilines is 1. The molecule has 0 aliphatic rings. The van der Waals surface area contributed by atoms with Crippen LogP contribution in [0.4, 0.5) is 5.69 Å². The number of carbonyl (C=O) groups is 1. The Labute approximate surface area is 89.3 Å². The van der Waals surface area contributed by atoms with Crippen molar-refractivity contribution < 1.29 is 4.79 Å². The average molecular weight is 212 g/mol. The monoisotopic (exact) mass is 211 g/mol. The van der Waals surface area contributed by atoms with Crippen molar-refractivity contribution in [1.82, 2.24) is 0 Å². The Bertz CT molecular complexity index is 323. The molecule has 0 aliphatic heterocycles. The molecule has 3 heteroatoms. The van der Waals surface area contributed by atoms with Gasteiger partial charge in [0.1, 0.15) is 0 Å². The quantitative estimate of drug-likeness (QED) is 0.766. The van der Waals surface area contributed by atoms with E-state index in [-0.39, 0.29) is 11.8 Å². The van der Waals surface area contributed by atoms with Crippen molar-refractivity contribution in [3.05, 3.63) is 29.8 Å². The Morgan fingerprint density at radius 1 is 1.50 bits per heavy atom. The van der Waals surface area contributed by atoms with E-state index in [9.17, 15) is 4.79 Å². The third kappa shape index (κ3) is 3.04. The predicted molar refractivity (Wildman–Crippen MR) is 59.5 cm³/mol. The van der Waals surface area contributed by atoms with E-state index < -0.39 is 0 Å². The Morgan fingerprint density at radius 3 is 2.79 bits per heavy atom. The predicted octanol–water partition coefficient (Wildman–Crippen LogP) is 3.02. The fraction of sp³-hybridized carbons (Fsp3) is 0.364. The van der Waals surface area contributed by atoms with Gasteiger partial charge < -0.3 is 5.32 Å².